The lowest BCUT2D eigenvalue weighted by Gasteiger charge is -2.51. The van der Waals surface area contributed by atoms with Crippen molar-refractivity contribution in [1.82, 2.24) is 26.6 Å². The van der Waals surface area contributed by atoms with E-state index in [9.17, 15) is 187 Å². The quantitative estimate of drug-likeness (QED) is 0.0273. The number of aliphatic hydroxyl groups is 30. The number of amides is 5. The zero-order valence-corrected chi connectivity index (χ0v) is 76.4. The first kappa shape index (κ1) is 117. The van der Waals surface area contributed by atoms with E-state index >= 15 is 0 Å². The van der Waals surface area contributed by atoms with Crippen molar-refractivity contribution in [3.05, 3.63) is 0 Å². The molecular formula is C79H131N5O58. The van der Waals surface area contributed by atoms with E-state index in [1.54, 1.807) is 0 Å². The van der Waals surface area contributed by atoms with Gasteiger partial charge in [0, 0.05) is 41.0 Å². The molecule has 0 radical (unpaired) electrons. The largest absolute Gasteiger partial charge is 0.477 e. The van der Waals surface area contributed by atoms with Crippen molar-refractivity contribution in [3.63, 3.8) is 0 Å². The summed E-state index contributed by atoms with van der Waals surface area (Å²) >= 11 is 0. The number of ether oxygens (including phenoxy) is 21. The minimum atomic E-state index is -3.37. The molecule has 11 rings (SSSR count). The predicted molar refractivity (Wildman–Crippen MR) is 436 cm³/mol. The summed E-state index contributed by atoms with van der Waals surface area (Å²) in [5.74, 6) is -10.5. The van der Waals surface area contributed by atoms with Gasteiger partial charge in [-0.05, 0) is 6.92 Å². The maximum Gasteiger partial charge on any atom is 0.364 e. The summed E-state index contributed by atoms with van der Waals surface area (Å²) in [5, 5.41) is 362. The molecule has 0 aliphatic carbocycles. The Kier molecular flexibility index (Phi) is 41.7. The number of nitrogens with one attached hydrogen (secondary N) is 5. The molecule has 11 aliphatic heterocycles. The molecule has 11 fully saturated rings. The van der Waals surface area contributed by atoms with E-state index in [-0.39, 0.29) is 0 Å². The van der Waals surface area contributed by atoms with Crippen LogP contribution in [0.5, 0.6) is 0 Å². The molecule has 0 bridgehead atoms. The molecule has 56 atom stereocenters. The van der Waals surface area contributed by atoms with Gasteiger partial charge in [-0.3, -0.25) is 24.0 Å². The highest BCUT2D eigenvalue weighted by Crippen LogP contribution is 2.44. The smallest absolute Gasteiger partial charge is 0.364 e. The number of carboxylic acid groups (broad SMARTS) is 1. The number of carbonyl (C=O) groups excluding carboxylic acids is 5. The van der Waals surface area contributed by atoms with Crippen molar-refractivity contribution in [2.45, 2.75) is 391 Å². The van der Waals surface area contributed by atoms with E-state index in [2.05, 4.69) is 26.6 Å². The van der Waals surface area contributed by atoms with Crippen LogP contribution in [0.3, 0.4) is 0 Å². The maximum absolute atomic E-state index is 13.5. The lowest BCUT2D eigenvalue weighted by Crippen LogP contribution is -2.71. The number of rotatable bonds is 38. The van der Waals surface area contributed by atoms with Gasteiger partial charge in [-0.1, -0.05) is 0 Å². The van der Waals surface area contributed by atoms with Crippen LogP contribution in [0.1, 0.15) is 48.0 Å². The van der Waals surface area contributed by atoms with Crippen LogP contribution >= 0.6 is 0 Å². The summed E-state index contributed by atoms with van der Waals surface area (Å²) < 4.78 is 126. The normalized spacial score (nSPS) is 48.0. The Morgan fingerprint density at radius 1 is 0.303 bits per heavy atom. The molecule has 0 saturated carbocycles. The predicted octanol–water partition coefficient (Wildman–Crippen LogP) is -24.0. The summed E-state index contributed by atoms with van der Waals surface area (Å²) in [6.07, 6.45) is -112. The first-order valence-corrected chi connectivity index (χ1v) is 45.1. The molecule has 5 amide bonds. The molecule has 11 saturated heterocycles. The van der Waals surface area contributed by atoms with E-state index in [1.807, 2.05) is 0 Å². The van der Waals surface area contributed by atoms with Crippen molar-refractivity contribution in [2.24, 2.45) is 0 Å². The van der Waals surface area contributed by atoms with Gasteiger partial charge in [0.2, 0.25) is 29.5 Å². The fourth-order valence-electron chi connectivity index (χ4n) is 18.4. The second-order valence-corrected chi connectivity index (χ2v) is 36.0. The van der Waals surface area contributed by atoms with E-state index in [0.29, 0.717) is 0 Å². The number of carboxylic acids is 1. The van der Waals surface area contributed by atoms with Crippen LogP contribution < -0.4 is 26.6 Å². The third kappa shape index (κ3) is 25.8. The zero-order chi connectivity index (χ0) is 105. The highest BCUT2D eigenvalue weighted by atomic mass is 16.8. The van der Waals surface area contributed by atoms with Gasteiger partial charge in [0.25, 0.3) is 5.79 Å². The fourth-order valence-corrected chi connectivity index (χ4v) is 18.4. The number of carbonyl (C=O) groups is 6. The third-order valence-corrected chi connectivity index (χ3v) is 25.9. The van der Waals surface area contributed by atoms with Crippen molar-refractivity contribution in [1.29, 1.82) is 0 Å². The monoisotopic (exact) mass is 2080 g/mol. The van der Waals surface area contributed by atoms with Crippen molar-refractivity contribution in [3.8, 4) is 0 Å². The van der Waals surface area contributed by atoms with Crippen molar-refractivity contribution >= 4 is 35.5 Å². The van der Waals surface area contributed by atoms with Gasteiger partial charge in [0.05, 0.1) is 84.3 Å². The first-order chi connectivity index (χ1) is 67.0. The number of aliphatic hydroxyl groups excluding tert-OH is 30. The molecule has 142 heavy (non-hydrogen) atoms. The van der Waals surface area contributed by atoms with E-state index < -0.39 is 451 Å². The van der Waals surface area contributed by atoms with Gasteiger partial charge in [-0.15, -0.1) is 0 Å². The van der Waals surface area contributed by atoms with E-state index in [1.165, 1.54) is 6.92 Å². The Labute approximate surface area is 803 Å². The Hall–Kier alpha value is -5.22. The van der Waals surface area contributed by atoms with Crippen molar-refractivity contribution in [2.75, 3.05) is 66.1 Å². The third-order valence-electron chi connectivity index (χ3n) is 25.9. The molecule has 11 heterocycles. The lowest BCUT2D eigenvalue weighted by molar-refractivity contribution is -0.399. The molecule has 0 unspecified atom stereocenters. The van der Waals surface area contributed by atoms with Crippen LogP contribution in [0.25, 0.3) is 0 Å². The second-order valence-electron chi connectivity index (χ2n) is 36.0. The molecule has 63 nitrogen and oxygen atoms in total. The van der Waals surface area contributed by atoms with Gasteiger partial charge in [-0.2, -0.15) is 0 Å². The van der Waals surface area contributed by atoms with Crippen LogP contribution in [0.2, 0.25) is 0 Å². The topological polar surface area (TPSA) is 984 Å². The summed E-state index contributed by atoms with van der Waals surface area (Å²) in [7, 11) is 0. The van der Waals surface area contributed by atoms with Crippen LogP contribution in [0.4, 0.5) is 0 Å². The average Bonchev–Trinajstić information content (AvgIpc) is 0.747. The highest BCUT2D eigenvalue weighted by molar-refractivity contribution is 5.77. The molecule has 11 aliphatic rings. The van der Waals surface area contributed by atoms with Gasteiger partial charge in [-0.25, -0.2) is 4.79 Å². The van der Waals surface area contributed by atoms with Gasteiger partial charge in [0.1, 0.15) is 256 Å². The molecular weight excluding hydrogens is 1950 g/mol. The molecule has 0 aromatic carbocycles. The average molecular weight is 2080 g/mol. The second kappa shape index (κ2) is 50.6. The lowest BCUT2D eigenvalue weighted by atomic mass is 9.88. The van der Waals surface area contributed by atoms with E-state index in [0.717, 1.165) is 34.6 Å². The molecule has 63 heteroatoms. The van der Waals surface area contributed by atoms with Crippen molar-refractivity contribution < 1.29 is 287 Å². The number of hydrogen-bond acceptors (Lipinski definition) is 57. The Morgan fingerprint density at radius 2 is 0.634 bits per heavy atom. The summed E-state index contributed by atoms with van der Waals surface area (Å²) in [5.41, 5.74) is 0. The summed E-state index contributed by atoms with van der Waals surface area (Å²) in [6.45, 7) is -6.31. The van der Waals surface area contributed by atoms with Gasteiger partial charge in [0.15, 0.2) is 62.9 Å². The Balaban J connectivity index is 0.939. The van der Waals surface area contributed by atoms with Crippen LogP contribution in [0, 0.1) is 0 Å². The molecule has 0 aromatic rings. The fraction of sp³-hybridized carbons (Fsp3) is 0.924. The molecule has 0 aromatic heterocycles. The number of aliphatic carboxylic acids is 1. The Bertz CT molecular complexity index is 4010. The Morgan fingerprint density at radius 3 is 1.12 bits per heavy atom. The van der Waals surface area contributed by atoms with E-state index in [4.69, 9.17) is 99.5 Å². The molecule has 0 spiro atoms. The summed E-state index contributed by atoms with van der Waals surface area (Å²) in [4.78, 5) is 78.4. The summed E-state index contributed by atoms with van der Waals surface area (Å²) in [6, 6.07) is -9.88. The minimum absolute atomic E-state index is 0.843. The maximum atomic E-state index is 13.5. The highest BCUT2D eigenvalue weighted by Gasteiger charge is 2.65. The molecule has 36 N–H and O–H groups in total. The number of hydrogen-bond donors (Lipinski definition) is 36. The van der Waals surface area contributed by atoms with Crippen LogP contribution in [-0.2, 0) is 128 Å². The standard InChI is InChI=1S/C79H131N5O58/c1-18-40(100)51(111)55(115)72(124-18)122-17-34-60(49(109)36(68(119)125-34)81-20(3)94)134-69-37(82-21(4)95)50(110)59(32(15-92)132-69)135-74-57(117)64(138-77-67(54(114)44(104)28(11-88)131-77)140-71-38(83-22(5)96)61(45(105)29(12-89)127-71)136-73-56(116)52(112)42(102)26(9-86)128-73)48(108)33(133-74)16-123-76-66(53(113)43(103)27(10-87)130-76)139-70-39(84-23(6)97)62(46(106)30(13-90)126-70)137-75-58(118)65(47(107)31(14-91)129-75)142-79(78(120)121)7-24(98)35(80-19(2)93)63(141-79)41(101)25(99)8-85/h18,24-77,85-92,98-119H,7-17H2,1-6H3,(H,80,93)(H,81,94)(H,82,95)(H,83,96)(H,84,97)(H,120,121)/t18-,24-,25+,26+,27+,28+,29+,30+,31+,32+,33+,34+,35+,36+,37+,38+,39+,40+,41+,42-,43+,44+,45+,46+,47-,48+,49+,50+,51+,52-,53-,54-,55-,56+,57-,58+,59+,60+,61+,62+,63+,64-,65-,66-,67-,68+,69-,70-,71-,72+,73-,74-,75-,76-,77+,79-/m0/s1. The van der Waals surface area contributed by atoms with Gasteiger partial charge < -0.3 is 284 Å². The van der Waals surface area contributed by atoms with Crippen LogP contribution in [-0.4, -0.2) is 603 Å². The molecule has 820 valence electrons. The minimum Gasteiger partial charge on any atom is -0.477 e. The first-order valence-electron chi connectivity index (χ1n) is 45.1. The SMILES string of the molecule is CC(=O)N[C@@H]1[C@@H](O)[C@H](O[C@@H]2O[C@H](CO)[C@@H](O[C@@H]3O[C@H](CO[C@H]4O[C@H](CO)[C@@H](O)[C@H](O)[C@@H]4O[C@@H]4O[C@H](CO)[C@@H](O)[C@H](O[C@@H]5O[C@H](CO)[C@H](O)[C@H](O[C@]6(C(=O)O)C[C@H](O)[C@@H](NC(C)=O)[C@H]([C@H](O)[C@H](O)CO)O6)[C@H]5O)[C@H]4NC(C)=O)[C@@H](O)[C@H](O[C@H]4O[C@H](CO)[C@@H](O)[C@H](O)[C@@H]4O[C@@H]4O[C@H](CO)[C@@H](O)[C@H](O[C@@H]5O[C@H](CO)[C@H](O)[C@H](O)[C@H]5O)[C@H]4NC(C)=O)[C@@H]3O)[C@H](O)[C@H]2NC(C)=O)[C@@H](CO[C@@H]2O[C@@H](C)[C@@H](O)[C@@H](O)[C@@H]2O)O[C@H]1O. The zero-order valence-electron chi connectivity index (χ0n) is 76.4. The van der Waals surface area contributed by atoms with Crippen LogP contribution in [0.15, 0.2) is 0 Å². The van der Waals surface area contributed by atoms with Gasteiger partial charge >= 0.3 is 5.97 Å².